The zero-order valence-electron chi connectivity index (χ0n) is 11.6. The molecular formula is C18H16N2. The van der Waals surface area contributed by atoms with E-state index in [0.717, 1.165) is 30.4 Å². The maximum atomic E-state index is 9.03. The third-order valence-corrected chi connectivity index (χ3v) is 3.43. The molecule has 2 aromatic rings. The molecule has 0 radical (unpaired) electrons. The van der Waals surface area contributed by atoms with E-state index in [4.69, 9.17) is 10.5 Å². The van der Waals surface area contributed by atoms with Crippen molar-refractivity contribution in [2.45, 2.75) is 26.2 Å². The highest BCUT2D eigenvalue weighted by Gasteiger charge is 2.03. The highest BCUT2D eigenvalue weighted by atomic mass is 14.2. The molecule has 0 saturated carbocycles. The van der Waals surface area contributed by atoms with Gasteiger partial charge in [0.05, 0.1) is 23.3 Å². The van der Waals surface area contributed by atoms with Crippen molar-refractivity contribution in [2.24, 2.45) is 0 Å². The van der Waals surface area contributed by atoms with E-state index in [1.54, 1.807) is 0 Å². The van der Waals surface area contributed by atoms with Gasteiger partial charge in [-0.1, -0.05) is 31.2 Å². The van der Waals surface area contributed by atoms with Crippen molar-refractivity contribution < 1.29 is 0 Å². The molecule has 0 fully saturated rings. The summed E-state index contributed by atoms with van der Waals surface area (Å²) in [5, 5.41) is 17.9. The molecular weight excluding hydrogens is 244 g/mol. The van der Waals surface area contributed by atoms with Crippen molar-refractivity contribution in [1.82, 2.24) is 0 Å². The number of aryl methyl sites for hydroxylation is 3. The third kappa shape index (κ3) is 3.25. The molecule has 0 amide bonds. The Morgan fingerprint density at radius 1 is 0.900 bits per heavy atom. The van der Waals surface area contributed by atoms with E-state index in [1.807, 2.05) is 36.4 Å². The second kappa shape index (κ2) is 6.55. The smallest absolute Gasteiger partial charge is 0.0994 e. The largest absolute Gasteiger partial charge is 0.192 e. The summed E-state index contributed by atoms with van der Waals surface area (Å²) in [6, 6.07) is 18.2. The van der Waals surface area contributed by atoms with Crippen LogP contribution in [0, 0.1) is 22.7 Å². The van der Waals surface area contributed by atoms with E-state index >= 15 is 0 Å². The fourth-order valence-electron chi connectivity index (χ4n) is 2.29. The zero-order chi connectivity index (χ0) is 14.4. The van der Waals surface area contributed by atoms with Gasteiger partial charge in [0.1, 0.15) is 0 Å². The van der Waals surface area contributed by atoms with Crippen molar-refractivity contribution in [1.29, 1.82) is 10.5 Å². The number of hydrogen-bond acceptors (Lipinski definition) is 2. The fourth-order valence-corrected chi connectivity index (χ4v) is 2.29. The quantitative estimate of drug-likeness (QED) is 0.840. The molecule has 0 aromatic heterocycles. The maximum absolute atomic E-state index is 9.03. The Hall–Kier alpha value is -2.58. The number of benzene rings is 2. The van der Waals surface area contributed by atoms with E-state index in [2.05, 4.69) is 25.1 Å². The van der Waals surface area contributed by atoms with Gasteiger partial charge in [0.25, 0.3) is 0 Å². The van der Waals surface area contributed by atoms with Crippen LogP contribution < -0.4 is 0 Å². The van der Waals surface area contributed by atoms with E-state index in [-0.39, 0.29) is 0 Å². The molecule has 0 heterocycles. The van der Waals surface area contributed by atoms with Crippen molar-refractivity contribution in [2.75, 3.05) is 0 Å². The van der Waals surface area contributed by atoms with Crippen molar-refractivity contribution in [3.05, 3.63) is 70.3 Å². The second-order valence-electron chi connectivity index (χ2n) is 4.77. The van der Waals surface area contributed by atoms with E-state index < -0.39 is 0 Å². The van der Waals surface area contributed by atoms with Gasteiger partial charge in [-0.25, -0.2) is 0 Å². The van der Waals surface area contributed by atoms with Crippen LogP contribution in [0.15, 0.2) is 42.5 Å². The molecule has 0 atom stereocenters. The van der Waals surface area contributed by atoms with Crippen molar-refractivity contribution >= 4 is 0 Å². The molecule has 2 nitrogen and oxygen atoms in total. The average molecular weight is 260 g/mol. The molecule has 2 aromatic carbocycles. The van der Waals surface area contributed by atoms with Gasteiger partial charge >= 0.3 is 0 Å². The summed E-state index contributed by atoms with van der Waals surface area (Å²) in [5.74, 6) is 0. The molecule has 0 aliphatic heterocycles. The van der Waals surface area contributed by atoms with E-state index in [0.29, 0.717) is 5.56 Å². The minimum Gasteiger partial charge on any atom is -0.192 e. The van der Waals surface area contributed by atoms with Gasteiger partial charge in [-0.05, 0) is 54.2 Å². The first-order valence-electron chi connectivity index (χ1n) is 6.77. The molecule has 0 N–H and O–H groups in total. The number of rotatable bonds is 4. The Balaban J connectivity index is 2.11. The molecule has 0 spiro atoms. The SMILES string of the molecule is CCc1cc(CCc2cccc(C#N)c2)ccc1C#N. The molecule has 0 unspecified atom stereocenters. The van der Waals surface area contributed by atoms with Gasteiger partial charge in [-0.2, -0.15) is 10.5 Å². The van der Waals surface area contributed by atoms with Crippen LogP contribution in [0.5, 0.6) is 0 Å². The highest BCUT2D eigenvalue weighted by Crippen LogP contribution is 2.15. The first-order chi connectivity index (χ1) is 9.76. The summed E-state index contributed by atoms with van der Waals surface area (Å²) in [7, 11) is 0. The summed E-state index contributed by atoms with van der Waals surface area (Å²) in [5.41, 5.74) is 4.99. The number of nitriles is 2. The van der Waals surface area contributed by atoms with Crippen LogP contribution in [0.25, 0.3) is 0 Å². The van der Waals surface area contributed by atoms with Gasteiger partial charge in [-0.3, -0.25) is 0 Å². The lowest BCUT2D eigenvalue weighted by atomic mass is 9.98. The summed E-state index contributed by atoms with van der Waals surface area (Å²) >= 11 is 0. The van der Waals surface area contributed by atoms with Gasteiger partial charge < -0.3 is 0 Å². The normalized spacial score (nSPS) is 9.75. The van der Waals surface area contributed by atoms with Crippen molar-refractivity contribution in [3.8, 4) is 12.1 Å². The number of hydrogen-bond donors (Lipinski definition) is 0. The first kappa shape index (κ1) is 13.8. The molecule has 2 rings (SSSR count). The van der Waals surface area contributed by atoms with Crippen LogP contribution in [0.3, 0.4) is 0 Å². The predicted molar refractivity (Wildman–Crippen MR) is 79.1 cm³/mol. The summed E-state index contributed by atoms with van der Waals surface area (Å²) in [4.78, 5) is 0. The molecule has 0 aliphatic rings. The lowest BCUT2D eigenvalue weighted by molar-refractivity contribution is 0.952. The molecule has 0 aliphatic carbocycles. The van der Waals surface area contributed by atoms with Gasteiger partial charge in [-0.15, -0.1) is 0 Å². The Bertz CT molecular complexity index is 687. The molecule has 98 valence electrons. The first-order valence-corrected chi connectivity index (χ1v) is 6.77. The van der Waals surface area contributed by atoms with E-state index in [9.17, 15) is 0 Å². The van der Waals surface area contributed by atoms with E-state index in [1.165, 1.54) is 11.1 Å². The maximum Gasteiger partial charge on any atom is 0.0994 e. The van der Waals surface area contributed by atoms with Crippen LogP contribution in [-0.2, 0) is 19.3 Å². The highest BCUT2D eigenvalue weighted by molar-refractivity contribution is 5.41. The molecule has 0 saturated heterocycles. The molecule has 20 heavy (non-hydrogen) atoms. The Labute approximate surface area is 119 Å². The van der Waals surface area contributed by atoms with Crippen LogP contribution >= 0.6 is 0 Å². The minimum atomic E-state index is 0.705. The Kier molecular flexibility index (Phi) is 4.53. The minimum absolute atomic E-state index is 0.705. The van der Waals surface area contributed by atoms with Gasteiger partial charge in [0.15, 0.2) is 0 Å². The van der Waals surface area contributed by atoms with Gasteiger partial charge in [0, 0.05) is 0 Å². The zero-order valence-corrected chi connectivity index (χ0v) is 11.6. The Morgan fingerprint density at radius 3 is 2.30 bits per heavy atom. The molecule has 0 bridgehead atoms. The van der Waals surface area contributed by atoms with Crippen LogP contribution in [0.1, 0.15) is 34.7 Å². The second-order valence-corrected chi connectivity index (χ2v) is 4.77. The van der Waals surface area contributed by atoms with Gasteiger partial charge in [0.2, 0.25) is 0 Å². The van der Waals surface area contributed by atoms with Crippen LogP contribution in [-0.4, -0.2) is 0 Å². The van der Waals surface area contributed by atoms with Crippen LogP contribution in [0.4, 0.5) is 0 Å². The fraction of sp³-hybridized carbons (Fsp3) is 0.222. The summed E-state index contributed by atoms with van der Waals surface area (Å²) in [6.45, 7) is 2.07. The standard InChI is InChI=1S/C18H16N2/c1-2-17-11-15(8-9-18(17)13-20)7-6-14-4-3-5-16(10-14)12-19/h3-5,8-11H,2,6-7H2,1H3. The molecule has 2 heteroatoms. The predicted octanol–water partition coefficient (Wildman–Crippen LogP) is 3.78. The van der Waals surface area contributed by atoms with Crippen molar-refractivity contribution in [3.63, 3.8) is 0 Å². The number of nitrogens with zero attached hydrogens (tertiary/aromatic N) is 2. The summed E-state index contributed by atoms with van der Waals surface area (Å²) in [6.07, 6.45) is 2.71. The summed E-state index contributed by atoms with van der Waals surface area (Å²) < 4.78 is 0. The monoisotopic (exact) mass is 260 g/mol. The lowest BCUT2D eigenvalue weighted by Crippen LogP contribution is -1.95. The third-order valence-electron chi connectivity index (χ3n) is 3.43. The average Bonchev–Trinajstić information content (AvgIpc) is 2.52. The van der Waals surface area contributed by atoms with Crippen LogP contribution in [0.2, 0.25) is 0 Å². The Morgan fingerprint density at radius 2 is 1.65 bits per heavy atom. The lowest BCUT2D eigenvalue weighted by Gasteiger charge is -2.06. The topological polar surface area (TPSA) is 47.6 Å².